The van der Waals surface area contributed by atoms with E-state index in [1.54, 1.807) is 13.8 Å². The van der Waals surface area contributed by atoms with E-state index in [1.165, 1.54) is 0 Å². The molecule has 0 fully saturated rings. The lowest BCUT2D eigenvalue weighted by Gasteiger charge is -2.13. The summed E-state index contributed by atoms with van der Waals surface area (Å²) in [5.41, 5.74) is 0. The molecule has 6 heteroatoms. The van der Waals surface area contributed by atoms with Crippen LogP contribution in [0.1, 0.15) is 13.8 Å². The summed E-state index contributed by atoms with van der Waals surface area (Å²) in [4.78, 5) is 22.1. The number of aliphatic hydroxyl groups is 2. The van der Waals surface area contributed by atoms with Crippen molar-refractivity contribution in [1.29, 1.82) is 0 Å². The van der Waals surface area contributed by atoms with Crippen LogP contribution < -0.4 is 10.6 Å². The minimum absolute atomic E-state index is 0.228. The molecule has 6 nitrogen and oxygen atoms in total. The van der Waals surface area contributed by atoms with Crippen molar-refractivity contribution in [2.24, 2.45) is 0 Å². The smallest absolute Gasteiger partial charge is 0.309 e. The minimum atomic E-state index is -0.813. The van der Waals surface area contributed by atoms with Crippen LogP contribution >= 0.6 is 0 Å². The van der Waals surface area contributed by atoms with Gasteiger partial charge in [0.15, 0.2) is 0 Å². The van der Waals surface area contributed by atoms with Crippen molar-refractivity contribution < 1.29 is 19.8 Å². The van der Waals surface area contributed by atoms with Crippen LogP contribution in [-0.4, -0.2) is 47.3 Å². The average molecular weight is 204 g/mol. The molecule has 0 aliphatic carbocycles. The molecule has 2 unspecified atom stereocenters. The Labute approximate surface area is 82.3 Å². The van der Waals surface area contributed by atoms with Crippen molar-refractivity contribution >= 4 is 11.8 Å². The van der Waals surface area contributed by atoms with Gasteiger partial charge < -0.3 is 20.8 Å². The molecule has 0 heterocycles. The van der Waals surface area contributed by atoms with E-state index in [4.69, 9.17) is 10.2 Å². The second-order valence-electron chi connectivity index (χ2n) is 3.11. The number of amides is 2. The number of aliphatic hydroxyl groups excluding tert-OH is 2. The van der Waals surface area contributed by atoms with E-state index < -0.39 is 23.9 Å². The summed E-state index contributed by atoms with van der Waals surface area (Å²) in [5.74, 6) is -1.63. The van der Waals surface area contributed by atoms with Crippen LogP contribution in [0.3, 0.4) is 0 Å². The quantitative estimate of drug-likeness (QED) is 0.397. The molecular weight excluding hydrogens is 188 g/mol. The van der Waals surface area contributed by atoms with Gasteiger partial charge >= 0.3 is 11.8 Å². The zero-order valence-electron chi connectivity index (χ0n) is 8.28. The topological polar surface area (TPSA) is 98.7 Å². The van der Waals surface area contributed by atoms with Gasteiger partial charge in [-0.15, -0.1) is 0 Å². The molecule has 0 bridgehead atoms. The Hall–Kier alpha value is -1.14. The van der Waals surface area contributed by atoms with Crippen LogP contribution in [0.2, 0.25) is 0 Å². The van der Waals surface area contributed by atoms with Crippen LogP contribution in [0, 0.1) is 0 Å². The summed E-state index contributed by atoms with van der Waals surface area (Å²) in [5, 5.41) is 21.8. The van der Waals surface area contributed by atoms with Gasteiger partial charge in [0.1, 0.15) is 0 Å². The molecule has 0 saturated heterocycles. The van der Waals surface area contributed by atoms with Crippen LogP contribution in [0.4, 0.5) is 0 Å². The number of carbonyl (C=O) groups excluding carboxylic acids is 2. The van der Waals surface area contributed by atoms with Gasteiger partial charge in [0.05, 0.1) is 13.2 Å². The van der Waals surface area contributed by atoms with Crippen molar-refractivity contribution in [1.82, 2.24) is 10.6 Å². The third-order valence-corrected chi connectivity index (χ3v) is 1.51. The summed E-state index contributed by atoms with van der Waals surface area (Å²) >= 11 is 0. The van der Waals surface area contributed by atoms with Gasteiger partial charge in [0, 0.05) is 12.1 Å². The van der Waals surface area contributed by atoms with Gasteiger partial charge in [-0.05, 0) is 13.8 Å². The van der Waals surface area contributed by atoms with Gasteiger partial charge in [-0.1, -0.05) is 0 Å². The molecule has 0 saturated carbocycles. The predicted octanol–water partition coefficient (Wildman–Crippen LogP) is -2.02. The fraction of sp³-hybridized carbons (Fsp3) is 0.750. The highest BCUT2D eigenvalue weighted by Crippen LogP contribution is 1.82. The maximum absolute atomic E-state index is 11.0. The highest BCUT2D eigenvalue weighted by atomic mass is 16.3. The molecule has 0 aromatic rings. The fourth-order valence-electron chi connectivity index (χ4n) is 0.670. The summed E-state index contributed by atoms with van der Waals surface area (Å²) in [6.45, 7) is 2.68. The van der Waals surface area contributed by atoms with Crippen LogP contribution in [0.25, 0.3) is 0 Å². The molecule has 2 atom stereocenters. The van der Waals surface area contributed by atoms with Crippen molar-refractivity contribution in [3.8, 4) is 0 Å². The summed E-state index contributed by atoms with van der Waals surface area (Å²) in [7, 11) is 0. The third kappa shape index (κ3) is 4.78. The third-order valence-electron chi connectivity index (χ3n) is 1.51. The average Bonchev–Trinajstić information content (AvgIpc) is 2.17. The second kappa shape index (κ2) is 6.33. The molecule has 4 N–H and O–H groups in total. The normalized spacial score (nSPS) is 14.3. The van der Waals surface area contributed by atoms with Crippen molar-refractivity contribution in [2.75, 3.05) is 13.2 Å². The molecule has 0 aliphatic rings. The molecule has 0 spiro atoms. The molecule has 0 radical (unpaired) electrons. The Balaban J connectivity index is 3.94. The maximum Gasteiger partial charge on any atom is 0.309 e. The fourth-order valence-corrected chi connectivity index (χ4v) is 0.670. The SMILES string of the molecule is CC(CO)NC(=O)C(=O)NC(C)CO. The Morgan fingerprint density at radius 3 is 1.50 bits per heavy atom. The second-order valence-corrected chi connectivity index (χ2v) is 3.11. The number of rotatable bonds is 4. The van der Waals surface area contributed by atoms with E-state index in [0.717, 1.165) is 0 Å². The van der Waals surface area contributed by atoms with E-state index in [0.29, 0.717) is 0 Å². The Bertz CT molecular complexity index is 186. The van der Waals surface area contributed by atoms with Crippen LogP contribution in [0.15, 0.2) is 0 Å². The first-order valence-corrected chi connectivity index (χ1v) is 4.34. The number of carbonyl (C=O) groups is 2. The highest BCUT2D eigenvalue weighted by molar-refractivity contribution is 6.35. The molecule has 14 heavy (non-hydrogen) atoms. The van der Waals surface area contributed by atoms with Crippen molar-refractivity contribution in [2.45, 2.75) is 25.9 Å². The Morgan fingerprint density at radius 1 is 1.00 bits per heavy atom. The molecule has 0 aromatic carbocycles. The summed E-state index contributed by atoms with van der Waals surface area (Å²) in [6.07, 6.45) is 0. The van der Waals surface area contributed by atoms with E-state index in [9.17, 15) is 9.59 Å². The number of hydrogen-bond donors (Lipinski definition) is 4. The van der Waals surface area contributed by atoms with E-state index in [-0.39, 0.29) is 13.2 Å². The monoisotopic (exact) mass is 204 g/mol. The van der Waals surface area contributed by atoms with Crippen LogP contribution in [0.5, 0.6) is 0 Å². The largest absolute Gasteiger partial charge is 0.394 e. The first kappa shape index (κ1) is 12.9. The number of nitrogens with one attached hydrogen (secondary N) is 2. The molecule has 82 valence electrons. The first-order chi connectivity index (χ1) is 6.51. The number of hydrogen-bond acceptors (Lipinski definition) is 4. The zero-order chi connectivity index (χ0) is 11.1. The van der Waals surface area contributed by atoms with E-state index in [1.807, 2.05) is 0 Å². The lowest BCUT2D eigenvalue weighted by Crippen LogP contribution is -2.47. The zero-order valence-corrected chi connectivity index (χ0v) is 8.28. The summed E-state index contributed by atoms with van der Waals surface area (Å²) in [6, 6.07) is -0.921. The van der Waals surface area contributed by atoms with E-state index >= 15 is 0 Å². The highest BCUT2D eigenvalue weighted by Gasteiger charge is 2.16. The van der Waals surface area contributed by atoms with Crippen LogP contribution in [-0.2, 0) is 9.59 Å². The molecule has 0 aliphatic heterocycles. The van der Waals surface area contributed by atoms with E-state index in [2.05, 4.69) is 10.6 Å². The maximum atomic E-state index is 11.0. The first-order valence-electron chi connectivity index (χ1n) is 4.34. The minimum Gasteiger partial charge on any atom is -0.394 e. The molecular formula is C8H16N2O4. The van der Waals surface area contributed by atoms with Gasteiger partial charge in [0.25, 0.3) is 0 Å². The lowest BCUT2D eigenvalue weighted by atomic mass is 10.3. The van der Waals surface area contributed by atoms with Gasteiger partial charge in [0.2, 0.25) is 0 Å². The Kier molecular flexibility index (Phi) is 5.82. The standard InChI is InChI=1S/C8H16N2O4/c1-5(3-11)9-7(13)8(14)10-6(2)4-12/h5-6,11-12H,3-4H2,1-2H3,(H,9,13)(H,10,14). The van der Waals surface area contributed by atoms with Gasteiger partial charge in [-0.2, -0.15) is 0 Å². The van der Waals surface area contributed by atoms with Gasteiger partial charge in [-0.25, -0.2) is 0 Å². The lowest BCUT2D eigenvalue weighted by molar-refractivity contribution is -0.140. The summed E-state index contributed by atoms with van der Waals surface area (Å²) < 4.78 is 0. The van der Waals surface area contributed by atoms with Crippen molar-refractivity contribution in [3.05, 3.63) is 0 Å². The molecule has 0 aromatic heterocycles. The molecule has 0 rings (SSSR count). The van der Waals surface area contributed by atoms with Crippen molar-refractivity contribution in [3.63, 3.8) is 0 Å². The molecule has 2 amide bonds. The Morgan fingerprint density at radius 2 is 1.29 bits per heavy atom. The predicted molar refractivity (Wildman–Crippen MR) is 49.4 cm³/mol. The van der Waals surface area contributed by atoms with Gasteiger partial charge in [-0.3, -0.25) is 9.59 Å².